The average molecular weight is 363 g/mol. The number of benzene rings is 3. The molecular weight excluding hydrogens is 342 g/mol. The van der Waals surface area contributed by atoms with Gasteiger partial charge in [0.05, 0.1) is 4.90 Å². The largest absolute Gasteiger partial charge is 0.243 e. The Morgan fingerprint density at radius 2 is 1.50 bits per heavy atom. The smallest absolute Gasteiger partial charge is 0.207 e. The van der Waals surface area contributed by atoms with Crippen LogP contribution in [0.5, 0.6) is 0 Å². The molecule has 0 fully saturated rings. The molecule has 3 aromatic carbocycles. The third-order valence-electron chi connectivity index (χ3n) is 5.12. The summed E-state index contributed by atoms with van der Waals surface area (Å²) in [5.41, 5.74) is 6.76. The molecule has 0 saturated heterocycles. The summed E-state index contributed by atoms with van der Waals surface area (Å²) in [6.45, 7) is 4.90. The zero-order chi connectivity index (χ0) is 18.3. The molecule has 0 spiro atoms. The predicted octanol–water partition coefficient (Wildman–Crippen LogP) is 4.67. The van der Waals surface area contributed by atoms with E-state index < -0.39 is 10.0 Å². The summed E-state index contributed by atoms with van der Waals surface area (Å²) in [5, 5.41) is 0. The first-order chi connectivity index (χ1) is 12.5. The highest BCUT2D eigenvalue weighted by Crippen LogP contribution is 2.35. The molecule has 0 bridgehead atoms. The van der Waals surface area contributed by atoms with E-state index >= 15 is 0 Å². The van der Waals surface area contributed by atoms with Crippen molar-refractivity contribution in [2.24, 2.45) is 0 Å². The van der Waals surface area contributed by atoms with Crippen LogP contribution in [0.2, 0.25) is 0 Å². The minimum absolute atomic E-state index is 0.358. The summed E-state index contributed by atoms with van der Waals surface area (Å²) in [7, 11) is -3.48. The number of rotatable bonds is 3. The Kier molecular flexibility index (Phi) is 4.17. The molecule has 0 aromatic heterocycles. The Labute approximate surface area is 155 Å². The lowest BCUT2D eigenvalue weighted by molar-refractivity contribution is 0.431. The van der Waals surface area contributed by atoms with Crippen molar-refractivity contribution >= 4 is 10.0 Å². The van der Waals surface area contributed by atoms with E-state index in [-0.39, 0.29) is 0 Å². The van der Waals surface area contributed by atoms with Crippen molar-refractivity contribution in [3.63, 3.8) is 0 Å². The second-order valence-electron chi connectivity index (χ2n) is 6.83. The quantitative estimate of drug-likeness (QED) is 0.678. The molecule has 0 amide bonds. The second-order valence-corrected chi connectivity index (χ2v) is 8.77. The van der Waals surface area contributed by atoms with Crippen LogP contribution in [-0.2, 0) is 23.1 Å². The summed E-state index contributed by atoms with van der Waals surface area (Å²) in [6.07, 6.45) is 0. The molecule has 0 atom stereocenters. The highest BCUT2D eigenvalue weighted by atomic mass is 32.2. The molecule has 0 radical (unpaired) electrons. The van der Waals surface area contributed by atoms with Crippen LogP contribution in [0, 0.1) is 13.8 Å². The second kappa shape index (κ2) is 6.38. The first kappa shape index (κ1) is 17.0. The van der Waals surface area contributed by atoms with Crippen LogP contribution in [0.4, 0.5) is 0 Å². The summed E-state index contributed by atoms with van der Waals surface area (Å²) in [5.74, 6) is 0. The number of hydrogen-bond donors (Lipinski definition) is 0. The Bertz CT molecular complexity index is 1060. The van der Waals surface area contributed by atoms with E-state index in [4.69, 9.17) is 0 Å². The molecule has 26 heavy (non-hydrogen) atoms. The van der Waals surface area contributed by atoms with Gasteiger partial charge in [-0.2, -0.15) is 4.31 Å². The van der Waals surface area contributed by atoms with Gasteiger partial charge in [0.1, 0.15) is 0 Å². The number of nitrogens with zero attached hydrogens (tertiary/aromatic N) is 1. The van der Waals surface area contributed by atoms with Crippen LogP contribution in [0.3, 0.4) is 0 Å². The average Bonchev–Trinajstić information content (AvgIpc) is 3.09. The molecule has 0 saturated carbocycles. The van der Waals surface area contributed by atoms with Crippen molar-refractivity contribution in [3.05, 3.63) is 89.0 Å². The summed E-state index contributed by atoms with van der Waals surface area (Å²) >= 11 is 0. The van der Waals surface area contributed by atoms with Gasteiger partial charge in [-0.1, -0.05) is 60.2 Å². The van der Waals surface area contributed by atoms with Gasteiger partial charge in [-0.05, 0) is 53.8 Å². The Morgan fingerprint density at radius 3 is 2.19 bits per heavy atom. The van der Waals surface area contributed by atoms with E-state index in [1.165, 1.54) is 5.56 Å². The van der Waals surface area contributed by atoms with E-state index in [0.29, 0.717) is 18.0 Å². The topological polar surface area (TPSA) is 37.4 Å². The molecule has 4 rings (SSSR count). The van der Waals surface area contributed by atoms with Crippen molar-refractivity contribution in [1.82, 2.24) is 4.31 Å². The number of fused-ring (bicyclic) bond motifs is 1. The highest BCUT2D eigenvalue weighted by molar-refractivity contribution is 7.89. The first-order valence-corrected chi connectivity index (χ1v) is 10.1. The van der Waals surface area contributed by atoms with E-state index in [0.717, 1.165) is 27.8 Å². The normalized spacial score (nSPS) is 14.4. The maximum absolute atomic E-state index is 13.0. The molecule has 0 aliphatic carbocycles. The van der Waals surface area contributed by atoms with Crippen molar-refractivity contribution < 1.29 is 8.42 Å². The molecule has 1 aliphatic heterocycles. The lowest BCUT2D eigenvalue weighted by Crippen LogP contribution is -2.25. The van der Waals surface area contributed by atoms with Crippen molar-refractivity contribution in [1.29, 1.82) is 0 Å². The molecule has 1 aliphatic rings. The fourth-order valence-corrected chi connectivity index (χ4v) is 4.95. The van der Waals surface area contributed by atoms with Gasteiger partial charge in [-0.25, -0.2) is 8.42 Å². The first-order valence-electron chi connectivity index (χ1n) is 8.70. The molecule has 3 aromatic rings. The summed E-state index contributed by atoms with van der Waals surface area (Å²) < 4.78 is 27.6. The van der Waals surface area contributed by atoms with E-state index in [9.17, 15) is 8.42 Å². The lowest BCUT2D eigenvalue weighted by atomic mass is 9.94. The summed E-state index contributed by atoms with van der Waals surface area (Å²) in [4.78, 5) is 0.358. The van der Waals surface area contributed by atoms with Gasteiger partial charge in [0.2, 0.25) is 10.0 Å². The Morgan fingerprint density at radius 1 is 0.808 bits per heavy atom. The molecule has 0 unspecified atom stereocenters. The minimum Gasteiger partial charge on any atom is -0.207 e. The van der Waals surface area contributed by atoms with Crippen molar-refractivity contribution in [2.45, 2.75) is 31.8 Å². The molecule has 4 heteroatoms. The maximum Gasteiger partial charge on any atom is 0.243 e. The van der Waals surface area contributed by atoms with Crippen LogP contribution in [0.25, 0.3) is 11.1 Å². The van der Waals surface area contributed by atoms with E-state index in [1.807, 2.05) is 37.3 Å². The molecule has 132 valence electrons. The Balaban J connectivity index is 1.69. The SMILES string of the molecule is Cc1ccc(S(=O)(=O)N2Cc3ccc(-c4ccccc4)c(C)c3C2)cc1. The third-order valence-corrected chi connectivity index (χ3v) is 6.93. The van der Waals surface area contributed by atoms with Crippen LogP contribution < -0.4 is 0 Å². The fraction of sp³-hybridized carbons (Fsp3) is 0.182. The standard InChI is InChI=1S/C22H21NO2S/c1-16-8-11-20(12-9-16)26(24,25)23-14-19-10-13-21(17(2)22(19)15-23)18-6-4-3-5-7-18/h3-13H,14-15H2,1-2H3. The molecule has 0 N–H and O–H groups in total. The highest BCUT2D eigenvalue weighted by Gasteiger charge is 2.31. The van der Waals surface area contributed by atoms with Gasteiger partial charge in [0.15, 0.2) is 0 Å². The molecule has 1 heterocycles. The lowest BCUT2D eigenvalue weighted by Gasteiger charge is -2.16. The zero-order valence-corrected chi connectivity index (χ0v) is 15.8. The minimum atomic E-state index is -3.48. The van der Waals surface area contributed by atoms with Gasteiger partial charge >= 0.3 is 0 Å². The summed E-state index contributed by atoms with van der Waals surface area (Å²) in [6, 6.07) is 21.5. The van der Waals surface area contributed by atoms with E-state index in [2.05, 4.69) is 31.2 Å². The monoisotopic (exact) mass is 363 g/mol. The third kappa shape index (κ3) is 2.85. The van der Waals surface area contributed by atoms with Gasteiger partial charge in [-0.15, -0.1) is 0 Å². The van der Waals surface area contributed by atoms with E-state index in [1.54, 1.807) is 16.4 Å². The van der Waals surface area contributed by atoms with Crippen LogP contribution in [0.15, 0.2) is 71.6 Å². The number of sulfonamides is 1. The number of aryl methyl sites for hydroxylation is 1. The van der Waals surface area contributed by atoms with Crippen LogP contribution in [-0.4, -0.2) is 12.7 Å². The van der Waals surface area contributed by atoms with Gasteiger partial charge in [0.25, 0.3) is 0 Å². The Hall–Kier alpha value is -2.43. The maximum atomic E-state index is 13.0. The van der Waals surface area contributed by atoms with Gasteiger partial charge in [0, 0.05) is 13.1 Å². The molecular formula is C22H21NO2S. The van der Waals surface area contributed by atoms with Crippen molar-refractivity contribution in [2.75, 3.05) is 0 Å². The van der Waals surface area contributed by atoms with Gasteiger partial charge < -0.3 is 0 Å². The van der Waals surface area contributed by atoms with Gasteiger partial charge in [-0.3, -0.25) is 0 Å². The predicted molar refractivity (Wildman–Crippen MR) is 104 cm³/mol. The van der Waals surface area contributed by atoms with Crippen molar-refractivity contribution in [3.8, 4) is 11.1 Å². The fourth-order valence-electron chi connectivity index (χ4n) is 3.56. The van der Waals surface area contributed by atoms with Crippen LogP contribution in [0.1, 0.15) is 22.3 Å². The molecule has 3 nitrogen and oxygen atoms in total. The van der Waals surface area contributed by atoms with Crippen LogP contribution >= 0.6 is 0 Å². The number of hydrogen-bond acceptors (Lipinski definition) is 2. The zero-order valence-electron chi connectivity index (χ0n) is 14.9.